The Kier molecular flexibility index (Phi) is 7.16. The average Bonchev–Trinajstić information content (AvgIpc) is 3.78. The minimum atomic E-state index is -0.0669. The number of urea groups is 1. The molecule has 10 heteroatoms. The third-order valence-corrected chi connectivity index (χ3v) is 8.50. The molecule has 1 aliphatic carbocycles. The molecule has 0 spiro atoms. The normalized spacial score (nSPS) is 18.6. The lowest BCUT2D eigenvalue weighted by Crippen LogP contribution is -2.47. The van der Waals surface area contributed by atoms with Crippen LogP contribution in [0, 0.1) is 6.92 Å². The van der Waals surface area contributed by atoms with Gasteiger partial charge >= 0.3 is 6.03 Å². The first-order chi connectivity index (χ1) is 19.4. The number of fused-ring (bicyclic) bond motifs is 1. The van der Waals surface area contributed by atoms with Gasteiger partial charge < -0.3 is 20.4 Å². The molecular weight excluding hydrogens is 506 g/mol. The van der Waals surface area contributed by atoms with Gasteiger partial charge in [0.1, 0.15) is 5.65 Å². The van der Waals surface area contributed by atoms with E-state index in [-0.39, 0.29) is 29.6 Å². The molecule has 0 unspecified atom stereocenters. The predicted molar refractivity (Wildman–Crippen MR) is 154 cm³/mol. The summed E-state index contributed by atoms with van der Waals surface area (Å²) < 4.78 is 1.84. The number of hydrogen-bond acceptors (Lipinski definition) is 6. The summed E-state index contributed by atoms with van der Waals surface area (Å²) in [7, 11) is 0. The van der Waals surface area contributed by atoms with Crippen LogP contribution in [0.4, 0.5) is 10.7 Å². The van der Waals surface area contributed by atoms with Crippen molar-refractivity contribution >= 4 is 28.9 Å². The SMILES string of the molecule is CC(=O)N1CCC(n2c(=O)c(-c3ccccc3C)cc3cnc(NC4CCN(C(=O)NC5CC5)CC4)nc32)CC1. The zero-order valence-electron chi connectivity index (χ0n) is 23.2. The van der Waals surface area contributed by atoms with Crippen molar-refractivity contribution in [1.29, 1.82) is 0 Å². The molecular formula is C30H37N7O3. The zero-order valence-corrected chi connectivity index (χ0v) is 23.2. The molecule has 1 saturated carbocycles. The first-order valence-corrected chi connectivity index (χ1v) is 14.4. The number of anilines is 1. The Bertz CT molecular complexity index is 1480. The molecule has 210 valence electrons. The number of hydrogen-bond donors (Lipinski definition) is 2. The smallest absolute Gasteiger partial charge is 0.317 e. The van der Waals surface area contributed by atoms with Gasteiger partial charge in [-0.05, 0) is 62.6 Å². The summed E-state index contributed by atoms with van der Waals surface area (Å²) in [5, 5.41) is 7.34. The third-order valence-electron chi connectivity index (χ3n) is 8.50. The van der Waals surface area contributed by atoms with Gasteiger partial charge in [0, 0.05) is 68.4 Å². The van der Waals surface area contributed by atoms with Crippen molar-refractivity contribution in [1.82, 2.24) is 29.7 Å². The maximum Gasteiger partial charge on any atom is 0.317 e. The second-order valence-electron chi connectivity index (χ2n) is 11.4. The van der Waals surface area contributed by atoms with E-state index in [0.717, 1.165) is 42.2 Å². The lowest BCUT2D eigenvalue weighted by Gasteiger charge is -2.33. The van der Waals surface area contributed by atoms with E-state index in [1.807, 2.05) is 51.6 Å². The number of aryl methyl sites for hydroxylation is 1. The molecule has 3 aliphatic rings. The van der Waals surface area contributed by atoms with Gasteiger partial charge in [-0.15, -0.1) is 0 Å². The van der Waals surface area contributed by atoms with Crippen molar-refractivity contribution in [3.63, 3.8) is 0 Å². The molecule has 2 aromatic heterocycles. The molecule has 2 saturated heterocycles. The zero-order chi connectivity index (χ0) is 27.8. The number of carbonyl (C=O) groups is 2. The quantitative estimate of drug-likeness (QED) is 0.508. The Morgan fingerprint density at radius 1 is 0.900 bits per heavy atom. The highest BCUT2D eigenvalue weighted by atomic mass is 16.2. The average molecular weight is 544 g/mol. The van der Waals surface area contributed by atoms with Crippen LogP contribution < -0.4 is 16.2 Å². The first kappa shape index (κ1) is 26.3. The number of aromatic nitrogens is 3. The standard InChI is InChI=1S/C30H37N7O3/c1-19-5-3-4-6-25(19)26-17-21-18-31-29(32-23-9-13-36(14-10-23)30(40)33-22-7-8-22)34-27(21)37(28(26)39)24-11-15-35(16-12-24)20(2)38/h3-6,17-18,22-24H,7-16H2,1-2H3,(H,33,40)(H,31,32,34). The van der Waals surface area contributed by atoms with Gasteiger partial charge in [-0.25, -0.2) is 9.78 Å². The Balaban J connectivity index is 1.29. The number of nitrogens with one attached hydrogen (secondary N) is 2. The van der Waals surface area contributed by atoms with Crippen molar-refractivity contribution in [3.05, 3.63) is 52.4 Å². The van der Waals surface area contributed by atoms with E-state index in [9.17, 15) is 14.4 Å². The number of likely N-dealkylation sites (tertiary alicyclic amines) is 2. The van der Waals surface area contributed by atoms with Crippen molar-refractivity contribution < 1.29 is 9.59 Å². The summed E-state index contributed by atoms with van der Waals surface area (Å²) in [5.41, 5.74) is 3.13. The van der Waals surface area contributed by atoms with Crippen LogP contribution in [0.25, 0.3) is 22.2 Å². The number of rotatable bonds is 5. The molecule has 0 atom stereocenters. The van der Waals surface area contributed by atoms with Gasteiger partial charge in [0.15, 0.2) is 0 Å². The van der Waals surface area contributed by atoms with Gasteiger partial charge in [0.2, 0.25) is 11.9 Å². The molecule has 0 radical (unpaired) electrons. The molecule has 3 amide bonds. The van der Waals surface area contributed by atoms with E-state index in [0.29, 0.717) is 62.2 Å². The molecule has 2 aliphatic heterocycles. The van der Waals surface area contributed by atoms with E-state index in [1.54, 1.807) is 13.1 Å². The summed E-state index contributed by atoms with van der Waals surface area (Å²) in [4.78, 5) is 51.7. The Hall–Kier alpha value is -3.95. The molecule has 10 nitrogen and oxygen atoms in total. The van der Waals surface area contributed by atoms with Crippen molar-refractivity contribution in [3.8, 4) is 11.1 Å². The van der Waals surface area contributed by atoms with Gasteiger partial charge in [0.25, 0.3) is 5.56 Å². The second-order valence-corrected chi connectivity index (χ2v) is 11.4. The van der Waals surface area contributed by atoms with E-state index >= 15 is 0 Å². The fourth-order valence-electron chi connectivity index (χ4n) is 5.94. The number of benzene rings is 1. The summed E-state index contributed by atoms with van der Waals surface area (Å²) >= 11 is 0. The summed E-state index contributed by atoms with van der Waals surface area (Å²) in [6, 6.07) is 10.3. The Morgan fingerprint density at radius 2 is 1.60 bits per heavy atom. The van der Waals surface area contributed by atoms with E-state index < -0.39 is 0 Å². The van der Waals surface area contributed by atoms with Gasteiger partial charge in [-0.3, -0.25) is 14.2 Å². The maximum atomic E-state index is 14.1. The molecule has 3 aromatic rings. The monoisotopic (exact) mass is 543 g/mol. The molecule has 4 heterocycles. The molecule has 6 rings (SSSR count). The highest BCUT2D eigenvalue weighted by Crippen LogP contribution is 2.29. The van der Waals surface area contributed by atoms with E-state index in [1.165, 1.54) is 0 Å². The highest BCUT2D eigenvalue weighted by molar-refractivity contribution is 5.82. The summed E-state index contributed by atoms with van der Waals surface area (Å²) in [6.45, 7) is 6.21. The topological polar surface area (TPSA) is 112 Å². The third kappa shape index (κ3) is 5.39. The predicted octanol–water partition coefficient (Wildman–Crippen LogP) is 3.70. The Morgan fingerprint density at radius 3 is 2.27 bits per heavy atom. The van der Waals surface area contributed by atoms with Crippen LogP contribution in [0.1, 0.15) is 57.1 Å². The maximum absolute atomic E-state index is 14.1. The summed E-state index contributed by atoms with van der Waals surface area (Å²) in [5.74, 6) is 0.556. The van der Waals surface area contributed by atoms with Crippen LogP contribution in [-0.2, 0) is 4.79 Å². The molecule has 2 N–H and O–H groups in total. The highest BCUT2D eigenvalue weighted by Gasteiger charge is 2.29. The van der Waals surface area contributed by atoms with Crippen molar-refractivity contribution in [2.45, 2.75) is 70.5 Å². The van der Waals surface area contributed by atoms with Crippen LogP contribution in [0.3, 0.4) is 0 Å². The van der Waals surface area contributed by atoms with Gasteiger partial charge in [0.05, 0.1) is 0 Å². The Labute approximate surface area is 233 Å². The number of amides is 3. The fraction of sp³-hybridized carbons (Fsp3) is 0.500. The number of nitrogens with zero attached hydrogens (tertiary/aromatic N) is 5. The largest absolute Gasteiger partial charge is 0.351 e. The molecule has 0 bridgehead atoms. The lowest BCUT2D eigenvalue weighted by atomic mass is 9.99. The molecule has 40 heavy (non-hydrogen) atoms. The first-order valence-electron chi connectivity index (χ1n) is 14.4. The number of carbonyl (C=O) groups excluding carboxylic acids is 2. The van der Waals surface area contributed by atoms with Crippen molar-refractivity contribution in [2.24, 2.45) is 0 Å². The lowest BCUT2D eigenvalue weighted by molar-refractivity contribution is -0.130. The number of pyridine rings is 1. The minimum absolute atomic E-state index is 0.0344. The minimum Gasteiger partial charge on any atom is -0.351 e. The molecule has 1 aromatic carbocycles. The van der Waals surface area contributed by atoms with Crippen LogP contribution in [0.2, 0.25) is 0 Å². The van der Waals surface area contributed by atoms with Crippen LogP contribution in [0.5, 0.6) is 0 Å². The fourth-order valence-corrected chi connectivity index (χ4v) is 5.94. The van der Waals surface area contributed by atoms with Gasteiger partial charge in [-0.2, -0.15) is 4.98 Å². The summed E-state index contributed by atoms with van der Waals surface area (Å²) in [6.07, 6.45) is 6.96. The van der Waals surface area contributed by atoms with Crippen LogP contribution in [0.15, 0.2) is 41.3 Å². The van der Waals surface area contributed by atoms with Gasteiger partial charge in [-0.1, -0.05) is 24.3 Å². The number of piperidine rings is 2. The van der Waals surface area contributed by atoms with Crippen LogP contribution in [-0.4, -0.2) is 74.5 Å². The van der Waals surface area contributed by atoms with E-state index in [4.69, 9.17) is 4.98 Å². The van der Waals surface area contributed by atoms with E-state index in [2.05, 4.69) is 15.6 Å². The van der Waals surface area contributed by atoms with Crippen molar-refractivity contribution in [2.75, 3.05) is 31.5 Å². The molecule has 3 fully saturated rings. The van der Waals surface area contributed by atoms with Crippen LogP contribution >= 0.6 is 0 Å². The second kappa shape index (κ2) is 10.9.